The van der Waals surface area contributed by atoms with Gasteiger partial charge in [-0.3, -0.25) is 9.59 Å². The molecule has 1 atom stereocenters. The number of amides is 2. The van der Waals surface area contributed by atoms with E-state index in [1.807, 2.05) is 0 Å². The van der Waals surface area contributed by atoms with Crippen molar-refractivity contribution in [3.8, 4) is 0 Å². The minimum Gasteiger partial charge on any atom is -0.388 e. The zero-order valence-electron chi connectivity index (χ0n) is 13.0. The van der Waals surface area contributed by atoms with Crippen LogP contribution in [0, 0.1) is 5.92 Å². The van der Waals surface area contributed by atoms with Gasteiger partial charge in [-0.25, -0.2) is 0 Å². The van der Waals surface area contributed by atoms with Crippen LogP contribution >= 0.6 is 0 Å². The highest BCUT2D eigenvalue weighted by Gasteiger charge is 2.35. The Kier molecular flexibility index (Phi) is 5.22. The Labute approximate surface area is 126 Å². The molecule has 2 saturated heterocycles. The molecule has 2 rings (SSSR count). The molecule has 21 heavy (non-hydrogen) atoms. The molecule has 2 fully saturated rings. The molecule has 2 heterocycles. The molecule has 1 unspecified atom stereocenters. The number of hydrogen-bond acceptors (Lipinski definition) is 4. The van der Waals surface area contributed by atoms with E-state index in [-0.39, 0.29) is 17.7 Å². The first kappa shape index (κ1) is 16.2. The van der Waals surface area contributed by atoms with E-state index in [4.69, 9.17) is 4.74 Å². The van der Waals surface area contributed by atoms with E-state index in [1.54, 1.807) is 23.8 Å². The van der Waals surface area contributed by atoms with Crippen LogP contribution in [0.5, 0.6) is 0 Å². The van der Waals surface area contributed by atoms with Gasteiger partial charge in [-0.15, -0.1) is 0 Å². The molecule has 0 spiro atoms. The van der Waals surface area contributed by atoms with E-state index in [0.717, 1.165) is 19.4 Å². The number of piperidine rings is 1. The number of carbonyl (C=O) groups excluding carboxylic acids is 2. The molecule has 2 aliphatic rings. The summed E-state index contributed by atoms with van der Waals surface area (Å²) in [6.45, 7) is 4.21. The molecule has 6 heteroatoms. The molecule has 2 amide bonds. The van der Waals surface area contributed by atoms with Crippen molar-refractivity contribution in [1.82, 2.24) is 9.80 Å². The van der Waals surface area contributed by atoms with Gasteiger partial charge in [-0.05, 0) is 12.8 Å². The molecule has 0 radical (unpaired) electrons. The van der Waals surface area contributed by atoms with Crippen LogP contribution in [-0.2, 0) is 14.3 Å². The van der Waals surface area contributed by atoms with Crippen molar-refractivity contribution < 1.29 is 19.4 Å². The summed E-state index contributed by atoms with van der Waals surface area (Å²) in [5.74, 6) is -0.0878. The smallest absolute Gasteiger partial charge is 0.227 e. The summed E-state index contributed by atoms with van der Waals surface area (Å²) in [7, 11) is 1.74. The van der Waals surface area contributed by atoms with Crippen molar-refractivity contribution in [1.29, 1.82) is 0 Å². The first-order valence-electron chi connectivity index (χ1n) is 7.72. The number of likely N-dealkylation sites (N-methyl/N-ethyl adjacent to an activating group) is 1. The number of carbonyl (C=O) groups is 2. The highest BCUT2D eigenvalue weighted by atomic mass is 16.5. The summed E-state index contributed by atoms with van der Waals surface area (Å²) < 4.78 is 5.26. The van der Waals surface area contributed by atoms with Crippen LogP contribution in [0.2, 0.25) is 0 Å². The Morgan fingerprint density at radius 1 is 1.38 bits per heavy atom. The van der Waals surface area contributed by atoms with Crippen LogP contribution in [0.1, 0.15) is 32.6 Å². The largest absolute Gasteiger partial charge is 0.388 e. The van der Waals surface area contributed by atoms with Gasteiger partial charge in [0, 0.05) is 59.7 Å². The normalized spacial score (nSPS) is 25.5. The summed E-state index contributed by atoms with van der Waals surface area (Å²) in [6.07, 6.45) is 2.81. The molecule has 0 bridgehead atoms. The van der Waals surface area contributed by atoms with E-state index >= 15 is 0 Å². The molecule has 1 N–H and O–H groups in total. The minimum atomic E-state index is -0.836. The zero-order chi connectivity index (χ0) is 15.5. The lowest BCUT2D eigenvalue weighted by Gasteiger charge is -2.38. The van der Waals surface area contributed by atoms with Crippen molar-refractivity contribution in [2.75, 3.05) is 39.9 Å². The predicted molar refractivity (Wildman–Crippen MR) is 77.6 cm³/mol. The SMILES string of the molecule is CC(=O)N1CCCC(C(=O)N(C)CC2(O)CCOCC2)C1. The van der Waals surface area contributed by atoms with Gasteiger partial charge in [0.2, 0.25) is 11.8 Å². The van der Waals surface area contributed by atoms with Gasteiger partial charge in [0.25, 0.3) is 0 Å². The lowest BCUT2D eigenvalue weighted by Crippen LogP contribution is -2.51. The molecular formula is C15H26N2O4. The molecule has 0 aromatic rings. The monoisotopic (exact) mass is 298 g/mol. The van der Waals surface area contributed by atoms with Gasteiger partial charge in [0.15, 0.2) is 0 Å². The molecule has 120 valence electrons. The van der Waals surface area contributed by atoms with E-state index in [9.17, 15) is 14.7 Å². The molecule has 0 aromatic heterocycles. The van der Waals surface area contributed by atoms with Gasteiger partial charge in [-0.2, -0.15) is 0 Å². The molecule has 0 aromatic carbocycles. The minimum absolute atomic E-state index is 0.0261. The topological polar surface area (TPSA) is 70.1 Å². The van der Waals surface area contributed by atoms with Crippen molar-refractivity contribution in [2.24, 2.45) is 5.92 Å². The first-order valence-corrected chi connectivity index (χ1v) is 7.72. The highest BCUT2D eigenvalue weighted by molar-refractivity contribution is 5.80. The van der Waals surface area contributed by atoms with Crippen molar-refractivity contribution in [3.63, 3.8) is 0 Å². The van der Waals surface area contributed by atoms with Gasteiger partial charge < -0.3 is 19.6 Å². The van der Waals surface area contributed by atoms with Crippen LogP contribution in [0.15, 0.2) is 0 Å². The van der Waals surface area contributed by atoms with Gasteiger partial charge in [0.05, 0.1) is 11.5 Å². The Morgan fingerprint density at radius 3 is 2.67 bits per heavy atom. The number of nitrogens with zero attached hydrogens (tertiary/aromatic N) is 2. The average Bonchev–Trinajstić information content (AvgIpc) is 2.46. The third-order valence-corrected chi connectivity index (χ3v) is 4.55. The quantitative estimate of drug-likeness (QED) is 0.810. The van der Waals surface area contributed by atoms with Crippen LogP contribution in [0.4, 0.5) is 0 Å². The van der Waals surface area contributed by atoms with E-state index in [1.165, 1.54) is 0 Å². The van der Waals surface area contributed by atoms with Crippen LogP contribution < -0.4 is 0 Å². The molecular weight excluding hydrogens is 272 g/mol. The average molecular weight is 298 g/mol. The lowest BCUT2D eigenvalue weighted by atomic mass is 9.92. The molecule has 0 aliphatic carbocycles. The second kappa shape index (κ2) is 6.75. The van der Waals surface area contributed by atoms with E-state index in [0.29, 0.717) is 39.1 Å². The Hall–Kier alpha value is -1.14. The predicted octanol–water partition coefficient (Wildman–Crippen LogP) is 0.245. The fraction of sp³-hybridized carbons (Fsp3) is 0.867. The Bertz CT molecular complexity index is 393. The summed E-state index contributed by atoms with van der Waals surface area (Å²) in [5, 5.41) is 10.5. The Balaban J connectivity index is 1.90. The van der Waals surface area contributed by atoms with Crippen molar-refractivity contribution in [2.45, 2.75) is 38.2 Å². The standard InChI is InChI=1S/C15H26N2O4/c1-12(18)17-7-3-4-13(10-17)14(19)16(2)11-15(20)5-8-21-9-6-15/h13,20H,3-11H2,1-2H3. The van der Waals surface area contributed by atoms with E-state index < -0.39 is 5.60 Å². The van der Waals surface area contributed by atoms with Crippen LogP contribution in [-0.4, -0.2) is 72.2 Å². The van der Waals surface area contributed by atoms with Crippen LogP contribution in [0.25, 0.3) is 0 Å². The maximum absolute atomic E-state index is 12.5. The fourth-order valence-corrected chi connectivity index (χ4v) is 3.21. The summed E-state index contributed by atoms with van der Waals surface area (Å²) in [4.78, 5) is 27.3. The van der Waals surface area contributed by atoms with Crippen LogP contribution in [0.3, 0.4) is 0 Å². The zero-order valence-corrected chi connectivity index (χ0v) is 13.0. The lowest BCUT2D eigenvalue weighted by molar-refractivity contribution is -0.144. The number of rotatable bonds is 3. The van der Waals surface area contributed by atoms with Gasteiger partial charge in [-0.1, -0.05) is 0 Å². The maximum atomic E-state index is 12.5. The molecule has 6 nitrogen and oxygen atoms in total. The number of aliphatic hydroxyl groups is 1. The number of hydrogen-bond donors (Lipinski definition) is 1. The Morgan fingerprint density at radius 2 is 2.05 bits per heavy atom. The molecule has 2 aliphatic heterocycles. The second-order valence-electron chi connectivity index (χ2n) is 6.34. The number of likely N-dealkylation sites (tertiary alicyclic amines) is 1. The van der Waals surface area contributed by atoms with Gasteiger partial charge >= 0.3 is 0 Å². The summed E-state index contributed by atoms with van der Waals surface area (Å²) >= 11 is 0. The highest BCUT2D eigenvalue weighted by Crippen LogP contribution is 2.24. The fourth-order valence-electron chi connectivity index (χ4n) is 3.21. The number of ether oxygens (including phenoxy) is 1. The van der Waals surface area contributed by atoms with Crippen molar-refractivity contribution >= 4 is 11.8 Å². The maximum Gasteiger partial charge on any atom is 0.227 e. The third kappa shape index (κ3) is 4.17. The second-order valence-corrected chi connectivity index (χ2v) is 6.34. The van der Waals surface area contributed by atoms with Gasteiger partial charge in [0.1, 0.15) is 0 Å². The van der Waals surface area contributed by atoms with E-state index in [2.05, 4.69) is 0 Å². The first-order chi connectivity index (χ1) is 9.91. The summed E-state index contributed by atoms with van der Waals surface area (Å²) in [5.41, 5.74) is -0.836. The van der Waals surface area contributed by atoms with Crippen molar-refractivity contribution in [3.05, 3.63) is 0 Å². The third-order valence-electron chi connectivity index (χ3n) is 4.55. The summed E-state index contributed by atoms with van der Waals surface area (Å²) in [6, 6.07) is 0. The molecule has 0 saturated carbocycles.